The summed E-state index contributed by atoms with van der Waals surface area (Å²) in [5, 5.41) is 10.6. The number of rotatable bonds is 3. The molecular weight excluding hydrogens is 204 g/mol. The summed E-state index contributed by atoms with van der Waals surface area (Å²) < 4.78 is 0. The van der Waals surface area contributed by atoms with Gasteiger partial charge in [0, 0.05) is 17.2 Å². The van der Waals surface area contributed by atoms with E-state index in [0.717, 1.165) is 25.1 Å². The topological polar surface area (TPSA) is 46.4 Å². The lowest BCUT2D eigenvalue weighted by Crippen LogP contribution is -2.34. The van der Waals surface area contributed by atoms with Gasteiger partial charge in [0.1, 0.15) is 0 Å². The summed E-state index contributed by atoms with van der Waals surface area (Å²) in [6, 6.07) is 8.24. The van der Waals surface area contributed by atoms with Gasteiger partial charge in [-0.3, -0.25) is 10.1 Å². The number of hydrogen-bond acceptors (Lipinski definition) is 3. The zero-order valence-corrected chi connectivity index (χ0v) is 9.43. The Morgan fingerprint density at radius 2 is 2.38 bits per heavy atom. The Morgan fingerprint density at radius 1 is 1.56 bits per heavy atom. The average Bonchev–Trinajstić information content (AvgIpc) is 2.65. The van der Waals surface area contributed by atoms with Gasteiger partial charge < -0.3 is 4.90 Å². The number of benzene rings is 1. The van der Waals surface area contributed by atoms with E-state index in [1.165, 1.54) is 5.56 Å². The summed E-state index contributed by atoms with van der Waals surface area (Å²) >= 11 is 0. The molecule has 0 amide bonds. The summed E-state index contributed by atoms with van der Waals surface area (Å²) in [7, 11) is 0. The van der Waals surface area contributed by atoms with E-state index in [1.54, 1.807) is 0 Å². The molecule has 1 aromatic rings. The van der Waals surface area contributed by atoms with Crippen LogP contribution in [0.3, 0.4) is 0 Å². The average molecular weight is 220 g/mol. The summed E-state index contributed by atoms with van der Waals surface area (Å²) in [6.07, 6.45) is 1.97. The Labute approximate surface area is 95.0 Å². The highest BCUT2D eigenvalue weighted by molar-refractivity contribution is 5.50. The van der Waals surface area contributed by atoms with Gasteiger partial charge in [-0.2, -0.15) is 0 Å². The van der Waals surface area contributed by atoms with E-state index in [0.29, 0.717) is 0 Å². The summed E-state index contributed by atoms with van der Waals surface area (Å²) in [5.41, 5.74) is 2.31. The van der Waals surface area contributed by atoms with Crippen LogP contribution in [-0.4, -0.2) is 24.1 Å². The van der Waals surface area contributed by atoms with E-state index < -0.39 is 0 Å². The minimum Gasteiger partial charge on any atom is -0.362 e. The highest BCUT2D eigenvalue weighted by Gasteiger charge is 2.28. The van der Waals surface area contributed by atoms with Crippen molar-refractivity contribution in [1.29, 1.82) is 0 Å². The molecule has 0 aromatic heterocycles. The molecule has 0 radical (unpaired) electrons. The first-order valence-corrected chi connectivity index (χ1v) is 5.62. The maximum atomic E-state index is 10.6. The van der Waals surface area contributed by atoms with E-state index in [2.05, 4.69) is 11.0 Å². The number of anilines is 1. The minimum absolute atomic E-state index is 0.0495. The molecule has 1 fully saturated rings. The van der Waals surface area contributed by atoms with Crippen molar-refractivity contribution in [2.24, 2.45) is 0 Å². The van der Waals surface area contributed by atoms with Gasteiger partial charge in [-0.15, -0.1) is 0 Å². The van der Waals surface area contributed by atoms with Crippen molar-refractivity contribution in [3.8, 4) is 0 Å². The van der Waals surface area contributed by atoms with Gasteiger partial charge in [0.15, 0.2) is 0 Å². The highest BCUT2D eigenvalue weighted by atomic mass is 16.6. The smallest absolute Gasteiger partial charge is 0.223 e. The van der Waals surface area contributed by atoms with Crippen LogP contribution >= 0.6 is 0 Å². The number of nitro groups is 1. The Hall–Kier alpha value is -1.58. The van der Waals surface area contributed by atoms with Crippen molar-refractivity contribution in [2.75, 3.05) is 18.0 Å². The van der Waals surface area contributed by atoms with Crippen LogP contribution in [0.5, 0.6) is 0 Å². The molecule has 0 spiro atoms. The molecule has 4 heteroatoms. The Kier molecular flexibility index (Phi) is 3.08. The van der Waals surface area contributed by atoms with Gasteiger partial charge in [-0.1, -0.05) is 12.1 Å². The van der Waals surface area contributed by atoms with Gasteiger partial charge in [0.2, 0.25) is 6.54 Å². The van der Waals surface area contributed by atoms with Crippen LogP contribution in [0, 0.1) is 17.0 Å². The van der Waals surface area contributed by atoms with Crippen molar-refractivity contribution < 1.29 is 4.92 Å². The Bertz CT molecular complexity index is 392. The van der Waals surface area contributed by atoms with Crippen LogP contribution in [0.2, 0.25) is 0 Å². The largest absolute Gasteiger partial charge is 0.362 e. The maximum Gasteiger partial charge on any atom is 0.223 e. The number of nitrogens with zero attached hydrogens (tertiary/aromatic N) is 2. The van der Waals surface area contributed by atoms with Gasteiger partial charge in [-0.05, 0) is 37.5 Å². The van der Waals surface area contributed by atoms with Crippen LogP contribution in [0.4, 0.5) is 5.69 Å². The van der Waals surface area contributed by atoms with Crippen LogP contribution in [-0.2, 0) is 0 Å². The lowest BCUT2D eigenvalue weighted by molar-refractivity contribution is -0.482. The molecule has 1 aromatic carbocycles. The van der Waals surface area contributed by atoms with Gasteiger partial charge in [-0.25, -0.2) is 0 Å². The van der Waals surface area contributed by atoms with Crippen molar-refractivity contribution >= 4 is 5.69 Å². The zero-order chi connectivity index (χ0) is 11.5. The fourth-order valence-electron chi connectivity index (χ4n) is 2.34. The summed E-state index contributed by atoms with van der Waals surface area (Å²) in [4.78, 5) is 12.5. The molecule has 86 valence electrons. The van der Waals surface area contributed by atoms with Crippen molar-refractivity contribution in [3.05, 3.63) is 39.9 Å². The predicted octanol–water partition coefficient (Wildman–Crippen LogP) is 2.24. The fourth-order valence-corrected chi connectivity index (χ4v) is 2.34. The molecule has 1 aliphatic heterocycles. The lowest BCUT2D eigenvalue weighted by atomic mass is 10.2. The first kappa shape index (κ1) is 10.9. The molecule has 4 nitrogen and oxygen atoms in total. The van der Waals surface area contributed by atoms with E-state index >= 15 is 0 Å². The number of aryl methyl sites for hydroxylation is 1. The Balaban J connectivity index is 2.16. The SMILES string of the molecule is Cc1cccc(N2CCCC2C[N+](=O)[O-])c1. The van der Waals surface area contributed by atoms with E-state index in [-0.39, 0.29) is 17.5 Å². The standard InChI is InChI=1S/C12H16N2O2/c1-10-4-2-5-11(8-10)13-7-3-6-12(13)9-14(15)16/h2,4-5,8,12H,3,6-7,9H2,1H3. The molecule has 0 saturated carbocycles. The van der Waals surface area contributed by atoms with Gasteiger partial charge >= 0.3 is 0 Å². The first-order chi connectivity index (χ1) is 7.66. The maximum absolute atomic E-state index is 10.6. The third-order valence-corrected chi connectivity index (χ3v) is 3.07. The van der Waals surface area contributed by atoms with E-state index in [1.807, 2.05) is 25.1 Å². The summed E-state index contributed by atoms with van der Waals surface area (Å²) in [6.45, 7) is 3.03. The predicted molar refractivity (Wildman–Crippen MR) is 63.4 cm³/mol. The normalized spacial score (nSPS) is 20.1. The quantitative estimate of drug-likeness (QED) is 0.579. The van der Waals surface area contributed by atoms with Crippen LogP contribution in [0.15, 0.2) is 24.3 Å². The third kappa shape index (κ3) is 2.32. The fraction of sp³-hybridized carbons (Fsp3) is 0.500. The van der Waals surface area contributed by atoms with Gasteiger partial charge in [0.25, 0.3) is 0 Å². The molecule has 1 heterocycles. The lowest BCUT2D eigenvalue weighted by Gasteiger charge is -2.24. The second-order valence-electron chi connectivity index (χ2n) is 4.34. The third-order valence-electron chi connectivity index (χ3n) is 3.07. The second kappa shape index (κ2) is 4.51. The monoisotopic (exact) mass is 220 g/mol. The van der Waals surface area contributed by atoms with Crippen LogP contribution in [0.1, 0.15) is 18.4 Å². The van der Waals surface area contributed by atoms with E-state index in [9.17, 15) is 10.1 Å². The molecule has 0 bridgehead atoms. The van der Waals surface area contributed by atoms with Crippen LogP contribution in [0.25, 0.3) is 0 Å². The molecule has 1 unspecified atom stereocenters. The highest BCUT2D eigenvalue weighted by Crippen LogP contribution is 2.26. The van der Waals surface area contributed by atoms with Gasteiger partial charge in [0.05, 0.1) is 6.04 Å². The number of hydrogen-bond donors (Lipinski definition) is 0. The zero-order valence-electron chi connectivity index (χ0n) is 9.43. The first-order valence-electron chi connectivity index (χ1n) is 5.62. The summed E-state index contributed by atoms with van der Waals surface area (Å²) in [5.74, 6) is 0. The van der Waals surface area contributed by atoms with Crippen molar-refractivity contribution in [1.82, 2.24) is 0 Å². The minimum atomic E-state index is -0.210. The van der Waals surface area contributed by atoms with Crippen LogP contribution < -0.4 is 4.90 Å². The molecule has 1 saturated heterocycles. The Morgan fingerprint density at radius 3 is 3.06 bits per heavy atom. The molecule has 1 atom stereocenters. The molecule has 2 rings (SSSR count). The second-order valence-corrected chi connectivity index (χ2v) is 4.34. The molecule has 16 heavy (non-hydrogen) atoms. The molecular formula is C12H16N2O2. The molecule has 1 aliphatic rings. The molecule has 0 N–H and O–H groups in total. The van der Waals surface area contributed by atoms with E-state index in [4.69, 9.17) is 0 Å². The van der Waals surface area contributed by atoms with Crippen molar-refractivity contribution in [3.63, 3.8) is 0 Å². The molecule has 0 aliphatic carbocycles. The van der Waals surface area contributed by atoms with Crippen molar-refractivity contribution in [2.45, 2.75) is 25.8 Å².